The van der Waals surface area contributed by atoms with Gasteiger partial charge in [0.15, 0.2) is 0 Å². The summed E-state index contributed by atoms with van der Waals surface area (Å²) in [6, 6.07) is 21.0. The van der Waals surface area contributed by atoms with Crippen molar-refractivity contribution in [3.63, 3.8) is 0 Å². The Balaban J connectivity index is 1.56. The monoisotopic (exact) mass is 478 g/mol. The number of aryl methyl sites for hydroxylation is 2. The molecule has 1 aliphatic rings. The Morgan fingerprint density at radius 3 is 2.41 bits per heavy atom. The zero-order chi connectivity index (χ0) is 24.1. The topological polar surface area (TPSA) is 75.7 Å². The fraction of sp³-hybridized carbons (Fsp3) is 0.296. The zero-order valence-electron chi connectivity index (χ0n) is 19.5. The molecule has 0 fully saturated rings. The standard InChI is InChI=1S/C27H30N2O4S/c1-3-33-25-16-14-24(15-17-25)29(34(31,32)26-10-5-4-6-11-26)19-27(30)28-20(2)22-13-12-21-8-7-9-23(21)18-22/h4-6,10-18,20H,3,7-9,19H2,1-2H3,(H,28,30). The Morgan fingerprint density at radius 1 is 1.00 bits per heavy atom. The highest BCUT2D eigenvalue weighted by atomic mass is 32.2. The highest BCUT2D eigenvalue weighted by molar-refractivity contribution is 7.92. The molecule has 0 saturated carbocycles. The van der Waals surface area contributed by atoms with Crippen molar-refractivity contribution in [2.45, 2.75) is 44.0 Å². The summed E-state index contributed by atoms with van der Waals surface area (Å²) in [4.78, 5) is 13.2. The SMILES string of the molecule is CCOc1ccc(N(CC(=O)NC(C)c2ccc3c(c2)CCC3)S(=O)(=O)c2ccccc2)cc1. The number of carbonyl (C=O) groups excluding carboxylic acids is 1. The lowest BCUT2D eigenvalue weighted by molar-refractivity contribution is -0.120. The average molecular weight is 479 g/mol. The highest BCUT2D eigenvalue weighted by Gasteiger charge is 2.28. The van der Waals surface area contributed by atoms with Crippen molar-refractivity contribution < 1.29 is 17.9 Å². The Labute approximate surface area is 201 Å². The molecule has 6 nitrogen and oxygen atoms in total. The summed E-state index contributed by atoms with van der Waals surface area (Å²) >= 11 is 0. The van der Waals surface area contributed by atoms with E-state index in [2.05, 4.69) is 17.4 Å². The van der Waals surface area contributed by atoms with E-state index in [1.165, 1.54) is 23.3 Å². The fourth-order valence-electron chi connectivity index (χ4n) is 4.27. The molecule has 1 atom stereocenters. The fourth-order valence-corrected chi connectivity index (χ4v) is 5.71. The number of ether oxygens (including phenoxy) is 1. The lowest BCUT2D eigenvalue weighted by Crippen LogP contribution is -2.41. The van der Waals surface area contributed by atoms with Crippen LogP contribution >= 0.6 is 0 Å². The minimum atomic E-state index is -3.95. The summed E-state index contributed by atoms with van der Waals surface area (Å²) in [5.41, 5.74) is 4.12. The average Bonchev–Trinajstić information content (AvgIpc) is 3.32. The van der Waals surface area contributed by atoms with Crippen LogP contribution in [0.1, 0.15) is 43.0 Å². The minimum Gasteiger partial charge on any atom is -0.494 e. The molecule has 7 heteroatoms. The van der Waals surface area contributed by atoms with Crippen LogP contribution in [0.5, 0.6) is 5.75 Å². The molecule has 0 radical (unpaired) electrons. The lowest BCUT2D eigenvalue weighted by Gasteiger charge is -2.25. The Hall–Kier alpha value is -3.32. The molecular formula is C27H30N2O4S. The van der Waals surface area contributed by atoms with Gasteiger partial charge in [-0.05, 0) is 86.2 Å². The van der Waals surface area contributed by atoms with Gasteiger partial charge in [-0.15, -0.1) is 0 Å². The van der Waals surface area contributed by atoms with Gasteiger partial charge in [0.25, 0.3) is 10.0 Å². The summed E-state index contributed by atoms with van der Waals surface area (Å²) in [7, 11) is -3.95. The number of hydrogen-bond acceptors (Lipinski definition) is 4. The number of nitrogens with zero attached hydrogens (tertiary/aromatic N) is 1. The molecule has 0 saturated heterocycles. The van der Waals surface area contributed by atoms with Gasteiger partial charge in [-0.3, -0.25) is 9.10 Å². The van der Waals surface area contributed by atoms with Crippen LogP contribution in [0.15, 0.2) is 77.7 Å². The molecule has 178 valence electrons. The molecule has 3 aromatic carbocycles. The van der Waals surface area contributed by atoms with Crippen molar-refractivity contribution >= 4 is 21.6 Å². The number of hydrogen-bond donors (Lipinski definition) is 1. The molecular weight excluding hydrogens is 448 g/mol. The van der Waals surface area contributed by atoms with Crippen LogP contribution in [-0.4, -0.2) is 27.5 Å². The van der Waals surface area contributed by atoms with E-state index in [9.17, 15) is 13.2 Å². The van der Waals surface area contributed by atoms with Gasteiger partial charge in [0, 0.05) is 0 Å². The van der Waals surface area contributed by atoms with Gasteiger partial charge in [-0.25, -0.2) is 8.42 Å². The summed E-state index contributed by atoms with van der Waals surface area (Å²) < 4.78 is 33.6. The van der Waals surface area contributed by atoms with Gasteiger partial charge in [-0.2, -0.15) is 0 Å². The first-order valence-corrected chi connectivity index (χ1v) is 13.0. The van der Waals surface area contributed by atoms with E-state index in [1.54, 1.807) is 42.5 Å². The first-order valence-electron chi connectivity index (χ1n) is 11.6. The van der Waals surface area contributed by atoms with Gasteiger partial charge in [-0.1, -0.05) is 36.4 Å². The van der Waals surface area contributed by atoms with Crippen LogP contribution in [0.25, 0.3) is 0 Å². The molecule has 0 aromatic heterocycles. The number of anilines is 1. The minimum absolute atomic E-state index is 0.128. The molecule has 1 amide bonds. The third kappa shape index (κ3) is 5.25. The van der Waals surface area contributed by atoms with Crippen LogP contribution in [-0.2, 0) is 27.7 Å². The van der Waals surface area contributed by atoms with Crippen LogP contribution in [0.4, 0.5) is 5.69 Å². The second kappa shape index (κ2) is 10.3. The third-order valence-corrected chi connectivity index (χ3v) is 7.84. The largest absolute Gasteiger partial charge is 0.494 e. The molecule has 1 N–H and O–H groups in total. The Kier molecular flexibility index (Phi) is 7.22. The summed E-state index contributed by atoms with van der Waals surface area (Å²) in [5.74, 6) is 0.263. The van der Waals surface area contributed by atoms with Crippen LogP contribution in [0, 0.1) is 0 Å². The van der Waals surface area contributed by atoms with Gasteiger partial charge in [0.2, 0.25) is 5.91 Å². The van der Waals surface area contributed by atoms with Gasteiger partial charge < -0.3 is 10.1 Å². The molecule has 3 aromatic rings. The van der Waals surface area contributed by atoms with Crippen molar-refractivity contribution in [2.24, 2.45) is 0 Å². The van der Waals surface area contributed by atoms with Crippen molar-refractivity contribution in [1.82, 2.24) is 5.32 Å². The predicted molar refractivity (Wildman–Crippen MR) is 134 cm³/mol. The van der Waals surface area contributed by atoms with E-state index in [1.807, 2.05) is 19.9 Å². The smallest absolute Gasteiger partial charge is 0.264 e. The highest BCUT2D eigenvalue weighted by Crippen LogP contribution is 2.27. The van der Waals surface area contributed by atoms with Gasteiger partial charge in [0.05, 0.1) is 23.2 Å². The first-order chi connectivity index (χ1) is 16.4. The van der Waals surface area contributed by atoms with Gasteiger partial charge >= 0.3 is 0 Å². The first kappa shape index (κ1) is 23.8. The van der Waals surface area contributed by atoms with E-state index < -0.39 is 10.0 Å². The number of nitrogens with one attached hydrogen (secondary N) is 1. The number of sulfonamides is 1. The van der Waals surface area contributed by atoms with Crippen LogP contribution in [0.2, 0.25) is 0 Å². The molecule has 0 aliphatic heterocycles. The molecule has 4 rings (SSSR count). The Bertz CT molecular complexity index is 1240. The number of amides is 1. The van der Waals surface area contributed by atoms with Crippen molar-refractivity contribution in [1.29, 1.82) is 0 Å². The summed E-state index contributed by atoms with van der Waals surface area (Å²) in [6.45, 7) is 3.98. The maximum Gasteiger partial charge on any atom is 0.264 e. The van der Waals surface area contributed by atoms with E-state index in [0.717, 1.165) is 29.1 Å². The normalized spacial score (nSPS) is 13.7. The van der Waals surface area contributed by atoms with E-state index in [4.69, 9.17) is 4.74 Å². The van der Waals surface area contributed by atoms with Crippen molar-refractivity contribution in [2.75, 3.05) is 17.5 Å². The quantitative estimate of drug-likeness (QED) is 0.486. The summed E-state index contributed by atoms with van der Waals surface area (Å²) in [5, 5.41) is 2.97. The molecule has 0 bridgehead atoms. The second-order valence-corrected chi connectivity index (χ2v) is 10.3. The number of benzene rings is 3. The van der Waals surface area contributed by atoms with E-state index in [0.29, 0.717) is 18.0 Å². The molecule has 0 heterocycles. The molecule has 0 spiro atoms. The van der Waals surface area contributed by atoms with Crippen molar-refractivity contribution in [3.8, 4) is 5.75 Å². The number of rotatable bonds is 9. The Morgan fingerprint density at radius 2 is 1.71 bits per heavy atom. The van der Waals surface area contributed by atoms with Crippen LogP contribution < -0.4 is 14.4 Å². The van der Waals surface area contributed by atoms with Gasteiger partial charge in [0.1, 0.15) is 12.3 Å². The van der Waals surface area contributed by atoms with E-state index in [-0.39, 0.29) is 23.4 Å². The van der Waals surface area contributed by atoms with Crippen LogP contribution in [0.3, 0.4) is 0 Å². The maximum absolute atomic E-state index is 13.5. The van der Waals surface area contributed by atoms with Crippen molar-refractivity contribution in [3.05, 3.63) is 89.5 Å². The lowest BCUT2D eigenvalue weighted by atomic mass is 10.0. The molecule has 34 heavy (non-hydrogen) atoms. The second-order valence-electron chi connectivity index (χ2n) is 8.42. The molecule has 1 unspecified atom stereocenters. The predicted octanol–water partition coefficient (Wildman–Crippen LogP) is 4.65. The zero-order valence-corrected chi connectivity index (χ0v) is 20.3. The molecule has 1 aliphatic carbocycles. The summed E-state index contributed by atoms with van der Waals surface area (Å²) in [6.07, 6.45) is 3.32. The maximum atomic E-state index is 13.5. The number of carbonyl (C=O) groups is 1. The third-order valence-electron chi connectivity index (χ3n) is 6.05. The number of fused-ring (bicyclic) bond motifs is 1. The van der Waals surface area contributed by atoms with E-state index >= 15 is 0 Å².